The normalized spacial score (nSPS) is 30.6. The lowest BCUT2D eigenvalue weighted by molar-refractivity contribution is 0.0731. The third-order valence-electron chi connectivity index (χ3n) is 6.96. The summed E-state index contributed by atoms with van der Waals surface area (Å²) in [4.78, 5) is 14.4. The molecule has 152 valence electrons. The molecule has 2 saturated carbocycles. The number of amides is 1. The number of anilines is 1. The first kappa shape index (κ1) is 18.8. The van der Waals surface area contributed by atoms with Crippen molar-refractivity contribution in [2.45, 2.75) is 29.9 Å². The molecule has 1 N–H and O–H groups in total. The standard InChI is InChI=1S/C22H24N2O4S/c1-23(17-5-3-2-4-6-17)22(26)14-7-9-18(10-8-14)29(27,28)24-13-16-11-15-12-19(16)20(24)21(15)25/h2-10,15-16,19-21,25H,11-13H2,1H3/t15-,16-,19+,20+,21+/m0/s1. The number of para-hydroxylation sites is 1. The molecule has 1 aliphatic heterocycles. The number of fused-ring (bicyclic) bond motifs is 1. The molecule has 3 aliphatic rings. The fraction of sp³-hybridized carbons (Fsp3) is 0.409. The van der Waals surface area contributed by atoms with E-state index in [9.17, 15) is 18.3 Å². The van der Waals surface area contributed by atoms with E-state index in [0.717, 1.165) is 18.5 Å². The molecule has 1 saturated heterocycles. The van der Waals surface area contributed by atoms with Crippen LogP contribution in [0.25, 0.3) is 0 Å². The predicted molar refractivity (Wildman–Crippen MR) is 109 cm³/mol. The molecule has 3 fully saturated rings. The zero-order valence-electron chi connectivity index (χ0n) is 16.2. The Hall–Kier alpha value is -2.22. The fourth-order valence-corrected chi connectivity index (χ4v) is 7.24. The number of nitrogens with zero attached hydrogens (tertiary/aromatic N) is 2. The van der Waals surface area contributed by atoms with Gasteiger partial charge in [0.05, 0.1) is 17.0 Å². The molecule has 2 aromatic rings. The van der Waals surface area contributed by atoms with Gasteiger partial charge in [0.25, 0.3) is 5.91 Å². The maximum Gasteiger partial charge on any atom is 0.258 e. The zero-order valence-corrected chi connectivity index (χ0v) is 17.0. The van der Waals surface area contributed by atoms with Gasteiger partial charge in [-0.05, 0) is 67.0 Å². The van der Waals surface area contributed by atoms with E-state index >= 15 is 0 Å². The summed E-state index contributed by atoms with van der Waals surface area (Å²) in [5, 5.41) is 10.5. The van der Waals surface area contributed by atoms with Crippen molar-refractivity contribution < 1.29 is 18.3 Å². The van der Waals surface area contributed by atoms with Gasteiger partial charge in [-0.2, -0.15) is 4.31 Å². The number of aliphatic hydroxyl groups excluding tert-OH is 1. The molecule has 6 nitrogen and oxygen atoms in total. The van der Waals surface area contributed by atoms with Gasteiger partial charge >= 0.3 is 0 Å². The van der Waals surface area contributed by atoms with Crippen molar-refractivity contribution in [2.24, 2.45) is 17.8 Å². The highest BCUT2D eigenvalue weighted by Gasteiger charge is 2.61. The van der Waals surface area contributed by atoms with Gasteiger partial charge < -0.3 is 10.0 Å². The first-order chi connectivity index (χ1) is 13.9. The van der Waals surface area contributed by atoms with Crippen molar-refractivity contribution in [3.05, 3.63) is 60.2 Å². The van der Waals surface area contributed by atoms with Crippen molar-refractivity contribution in [3.63, 3.8) is 0 Å². The molecular weight excluding hydrogens is 388 g/mol. The topological polar surface area (TPSA) is 77.9 Å². The Kier molecular flexibility index (Phi) is 4.31. The van der Waals surface area contributed by atoms with E-state index < -0.39 is 16.1 Å². The highest BCUT2D eigenvalue weighted by atomic mass is 32.2. The minimum atomic E-state index is -3.70. The second-order valence-electron chi connectivity index (χ2n) is 8.44. The largest absolute Gasteiger partial charge is 0.391 e. The molecule has 0 unspecified atom stereocenters. The van der Waals surface area contributed by atoms with Crippen LogP contribution in [0.5, 0.6) is 0 Å². The van der Waals surface area contributed by atoms with E-state index in [1.165, 1.54) is 21.3 Å². The number of aliphatic hydroxyl groups is 1. The molecule has 0 aromatic heterocycles. The minimum Gasteiger partial charge on any atom is -0.391 e. The van der Waals surface area contributed by atoms with Crippen molar-refractivity contribution in [3.8, 4) is 0 Å². The third-order valence-corrected chi connectivity index (χ3v) is 8.84. The van der Waals surface area contributed by atoms with Crippen molar-refractivity contribution in [2.75, 3.05) is 18.5 Å². The highest BCUT2D eigenvalue weighted by Crippen LogP contribution is 2.56. The maximum atomic E-state index is 13.2. The number of carbonyl (C=O) groups excluding carboxylic acids is 1. The molecule has 29 heavy (non-hydrogen) atoms. The first-order valence-corrected chi connectivity index (χ1v) is 11.4. The minimum absolute atomic E-state index is 0.174. The summed E-state index contributed by atoms with van der Waals surface area (Å²) < 4.78 is 28.0. The van der Waals surface area contributed by atoms with Crippen molar-refractivity contribution >= 4 is 21.6 Å². The van der Waals surface area contributed by atoms with Gasteiger partial charge in [-0.1, -0.05) is 18.2 Å². The summed E-state index contributed by atoms with van der Waals surface area (Å²) in [6, 6.07) is 15.1. The number of hydrogen-bond donors (Lipinski definition) is 1. The second-order valence-corrected chi connectivity index (χ2v) is 10.3. The van der Waals surface area contributed by atoms with Gasteiger partial charge in [-0.15, -0.1) is 0 Å². The van der Waals surface area contributed by atoms with Crippen LogP contribution in [-0.4, -0.2) is 49.5 Å². The Morgan fingerprint density at radius 1 is 1.03 bits per heavy atom. The maximum absolute atomic E-state index is 13.2. The van der Waals surface area contributed by atoms with Crippen LogP contribution < -0.4 is 4.90 Å². The Morgan fingerprint density at radius 3 is 2.38 bits per heavy atom. The molecule has 1 heterocycles. The van der Waals surface area contributed by atoms with Crippen LogP contribution in [0.2, 0.25) is 0 Å². The van der Waals surface area contributed by atoms with Gasteiger partial charge in [-0.25, -0.2) is 8.42 Å². The summed E-state index contributed by atoms with van der Waals surface area (Å²) in [5.41, 5.74) is 1.20. The molecule has 7 heteroatoms. The van der Waals surface area contributed by atoms with Gasteiger partial charge in [-0.3, -0.25) is 4.79 Å². The van der Waals surface area contributed by atoms with E-state index in [2.05, 4.69) is 0 Å². The molecule has 0 radical (unpaired) electrons. The first-order valence-electron chi connectivity index (χ1n) is 10.0. The summed E-state index contributed by atoms with van der Waals surface area (Å²) in [6.45, 7) is 0.489. The molecule has 2 aliphatic carbocycles. The van der Waals surface area contributed by atoms with E-state index in [-0.39, 0.29) is 28.7 Å². The zero-order chi connectivity index (χ0) is 20.3. The van der Waals surface area contributed by atoms with Gasteiger partial charge in [0.1, 0.15) is 0 Å². The lowest BCUT2D eigenvalue weighted by Crippen LogP contribution is -2.43. The molecule has 2 aromatic carbocycles. The van der Waals surface area contributed by atoms with Gasteiger partial charge in [0, 0.05) is 24.8 Å². The van der Waals surface area contributed by atoms with Crippen molar-refractivity contribution in [1.82, 2.24) is 4.31 Å². The molecule has 1 amide bonds. The second kappa shape index (κ2) is 6.65. The molecule has 5 atom stereocenters. The molecule has 2 bridgehead atoms. The van der Waals surface area contributed by atoms with Crippen LogP contribution in [0.1, 0.15) is 23.2 Å². The fourth-order valence-electron chi connectivity index (χ4n) is 5.50. The lowest BCUT2D eigenvalue weighted by Gasteiger charge is -2.28. The summed E-state index contributed by atoms with van der Waals surface area (Å²) >= 11 is 0. The van der Waals surface area contributed by atoms with E-state index in [0.29, 0.717) is 18.0 Å². The average Bonchev–Trinajstić information content (AvgIpc) is 3.37. The van der Waals surface area contributed by atoms with Crippen LogP contribution in [0.4, 0.5) is 5.69 Å². The van der Waals surface area contributed by atoms with Crippen LogP contribution >= 0.6 is 0 Å². The smallest absolute Gasteiger partial charge is 0.258 e. The Morgan fingerprint density at radius 2 is 1.72 bits per heavy atom. The number of sulfonamides is 1. The quantitative estimate of drug-likeness (QED) is 0.836. The number of benzene rings is 2. The van der Waals surface area contributed by atoms with E-state index in [4.69, 9.17) is 0 Å². The molecule has 5 rings (SSSR count). The average molecular weight is 413 g/mol. The summed E-state index contributed by atoms with van der Waals surface area (Å²) in [6.07, 6.45) is 1.30. The molecular formula is C22H24N2O4S. The van der Waals surface area contributed by atoms with Gasteiger partial charge in [0.15, 0.2) is 0 Å². The monoisotopic (exact) mass is 412 g/mol. The van der Waals surface area contributed by atoms with E-state index in [1.807, 2.05) is 30.3 Å². The van der Waals surface area contributed by atoms with Crippen molar-refractivity contribution in [1.29, 1.82) is 0 Å². The van der Waals surface area contributed by atoms with Gasteiger partial charge in [0.2, 0.25) is 10.0 Å². The Bertz CT molecular complexity index is 1040. The highest BCUT2D eigenvalue weighted by molar-refractivity contribution is 7.89. The molecule has 0 spiro atoms. The number of carbonyl (C=O) groups is 1. The van der Waals surface area contributed by atoms with Crippen LogP contribution in [0, 0.1) is 17.8 Å². The number of hydrogen-bond acceptors (Lipinski definition) is 4. The summed E-state index contributed by atoms with van der Waals surface area (Å²) in [7, 11) is -2.00. The van der Waals surface area contributed by atoms with Crippen LogP contribution in [0.15, 0.2) is 59.5 Å². The number of rotatable bonds is 4. The Labute approximate surface area is 170 Å². The van der Waals surface area contributed by atoms with Crippen LogP contribution in [-0.2, 0) is 10.0 Å². The SMILES string of the molecule is CN(C(=O)c1ccc(S(=O)(=O)N2C[C@@H]3C[C@H]4C[C@H]3[C@@H]2[C@@H]4O)cc1)c1ccccc1. The lowest BCUT2D eigenvalue weighted by atomic mass is 9.88. The predicted octanol–water partition coefficient (Wildman–Crippen LogP) is 2.35. The Balaban J connectivity index is 1.38. The van der Waals surface area contributed by atoms with E-state index in [1.54, 1.807) is 19.2 Å². The summed E-state index contributed by atoms with van der Waals surface area (Å²) in [5.74, 6) is 0.686. The third kappa shape index (κ3) is 2.83. The van der Waals surface area contributed by atoms with Crippen LogP contribution in [0.3, 0.4) is 0 Å².